The van der Waals surface area contributed by atoms with Gasteiger partial charge in [0, 0.05) is 24.5 Å². The molecule has 0 aliphatic heterocycles. The van der Waals surface area contributed by atoms with Crippen molar-refractivity contribution < 1.29 is 13.5 Å². The first-order chi connectivity index (χ1) is 9.25. The molecule has 0 amide bonds. The molecule has 0 fully saturated rings. The molecule has 7 heteroatoms. The highest BCUT2D eigenvalue weighted by Gasteiger charge is 2.15. The van der Waals surface area contributed by atoms with Crippen LogP contribution in [0.1, 0.15) is 25.3 Å². The Morgan fingerprint density at radius 1 is 1.40 bits per heavy atom. The lowest BCUT2D eigenvalue weighted by molar-refractivity contribution is 0.229. The van der Waals surface area contributed by atoms with Gasteiger partial charge < -0.3 is 16.2 Å². The van der Waals surface area contributed by atoms with Gasteiger partial charge in [0.25, 0.3) is 0 Å². The smallest absolute Gasteiger partial charge is 0.238 e. The van der Waals surface area contributed by atoms with Crippen LogP contribution in [0, 0.1) is 12.8 Å². The normalized spacial score (nSPS) is 13.2. The summed E-state index contributed by atoms with van der Waals surface area (Å²) in [4.78, 5) is 0.0451. The Morgan fingerprint density at radius 2 is 2.05 bits per heavy atom. The molecule has 6 N–H and O–H groups in total. The van der Waals surface area contributed by atoms with Crippen molar-refractivity contribution in [3.63, 3.8) is 0 Å². The predicted molar refractivity (Wildman–Crippen MR) is 80.9 cm³/mol. The number of nitrogens with two attached hydrogens (primary N) is 2. The minimum atomic E-state index is -3.78. The van der Waals surface area contributed by atoms with Crippen LogP contribution < -0.4 is 16.2 Å². The molecule has 1 aromatic carbocycles. The molecule has 0 aromatic heterocycles. The van der Waals surface area contributed by atoms with Crippen LogP contribution in [0.3, 0.4) is 0 Å². The number of aliphatic hydroxyl groups excluding tert-OH is 1. The van der Waals surface area contributed by atoms with Gasteiger partial charge in [0.05, 0.1) is 4.90 Å². The fraction of sp³-hybridized carbons (Fsp3) is 0.538. The van der Waals surface area contributed by atoms with Crippen molar-refractivity contribution in [1.29, 1.82) is 0 Å². The van der Waals surface area contributed by atoms with Crippen LogP contribution in [0.15, 0.2) is 17.0 Å². The van der Waals surface area contributed by atoms with Crippen molar-refractivity contribution in [3.05, 3.63) is 17.7 Å². The molecule has 114 valence electrons. The topological polar surface area (TPSA) is 118 Å². The molecule has 0 radical (unpaired) electrons. The lowest BCUT2D eigenvalue weighted by Gasteiger charge is -2.14. The first-order valence-electron chi connectivity index (χ1n) is 6.53. The second-order valence-corrected chi connectivity index (χ2v) is 6.62. The molecule has 1 rings (SSSR count). The number of primary sulfonamides is 1. The van der Waals surface area contributed by atoms with Gasteiger partial charge in [0.2, 0.25) is 10.0 Å². The summed E-state index contributed by atoms with van der Waals surface area (Å²) >= 11 is 0. The summed E-state index contributed by atoms with van der Waals surface area (Å²) in [6.45, 7) is 4.52. The Bertz CT molecular complexity index is 558. The van der Waals surface area contributed by atoms with Crippen LogP contribution in [0.2, 0.25) is 0 Å². The molecule has 0 heterocycles. The highest BCUT2D eigenvalue weighted by molar-refractivity contribution is 7.89. The van der Waals surface area contributed by atoms with Crippen molar-refractivity contribution in [1.82, 2.24) is 0 Å². The summed E-state index contributed by atoms with van der Waals surface area (Å²) in [7, 11) is -3.78. The number of nitrogen functional groups attached to an aromatic ring is 1. The lowest BCUT2D eigenvalue weighted by atomic mass is 10.1. The molecular weight excluding hydrogens is 278 g/mol. The summed E-state index contributed by atoms with van der Waals surface area (Å²) in [5, 5.41) is 17.3. The third-order valence-corrected chi connectivity index (χ3v) is 4.23. The molecule has 20 heavy (non-hydrogen) atoms. The Labute approximate surface area is 120 Å². The molecule has 1 aromatic rings. The van der Waals surface area contributed by atoms with Crippen LogP contribution >= 0.6 is 0 Å². The van der Waals surface area contributed by atoms with Crippen LogP contribution in [0.5, 0.6) is 0 Å². The van der Waals surface area contributed by atoms with Gasteiger partial charge in [-0.1, -0.05) is 6.92 Å². The quantitative estimate of drug-likeness (QED) is 0.443. The first-order valence-corrected chi connectivity index (χ1v) is 8.08. The van der Waals surface area contributed by atoms with Crippen molar-refractivity contribution >= 4 is 21.4 Å². The standard InChI is InChI=1S/C13H23N3O3S/c1-9(8-17)4-3-5-16-12-6-11(14)7-13(10(12)2)20(15,18)19/h6-7,9,16-17H,3-5,8,14H2,1-2H3,(H2,15,18,19). The van der Waals surface area contributed by atoms with E-state index in [9.17, 15) is 8.42 Å². The van der Waals surface area contributed by atoms with Crippen molar-refractivity contribution in [2.45, 2.75) is 31.6 Å². The minimum absolute atomic E-state index is 0.0451. The molecule has 1 atom stereocenters. The Hall–Kier alpha value is -1.31. The highest BCUT2D eigenvalue weighted by atomic mass is 32.2. The number of aliphatic hydroxyl groups is 1. The number of nitrogens with one attached hydrogen (secondary N) is 1. The third kappa shape index (κ3) is 4.66. The third-order valence-electron chi connectivity index (χ3n) is 3.19. The minimum Gasteiger partial charge on any atom is -0.399 e. The van der Waals surface area contributed by atoms with E-state index in [0.717, 1.165) is 12.8 Å². The molecular formula is C13H23N3O3S. The van der Waals surface area contributed by atoms with Crippen molar-refractivity contribution in [3.8, 4) is 0 Å². The molecule has 0 aliphatic carbocycles. The van der Waals surface area contributed by atoms with E-state index >= 15 is 0 Å². The molecule has 0 aliphatic rings. The number of hydrogen-bond acceptors (Lipinski definition) is 5. The summed E-state index contributed by atoms with van der Waals surface area (Å²) in [5.41, 5.74) is 7.30. The molecule has 1 unspecified atom stereocenters. The van der Waals surface area contributed by atoms with Gasteiger partial charge in [0.15, 0.2) is 0 Å². The largest absolute Gasteiger partial charge is 0.399 e. The van der Waals surface area contributed by atoms with E-state index in [1.165, 1.54) is 6.07 Å². The molecule has 6 nitrogen and oxygen atoms in total. The number of sulfonamides is 1. The Morgan fingerprint density at radius 3 is 2.60 bits per heavy atom. The van der Waals surface area contributed by atoms with E-state index in [0.29, 0.717) is 23.5 Å². The average molecular weight is 301 g/mol. The molecule has 0 bridgehead atoms. The second kappa shape index (κ2) is 6.92. The predicted octanol–water partition coefficient (Wildman–Crippen LogP) is 1.05. The second-order valence-electron chi connectivity index (χ2n) is 5.09. The van der Waals surface area contributed by atoms with Crippen LogP contribution in [0.25, 0.3) is 0 Å². The molecule has 0 saturated heterocycles. The van der Waals surface area contributed by atoms with E-state index in [-0.39, 0.29) is 17.4 Å². The number of anilines is 2. The zero-order chi connectivity index (χ0) is 15.3. The van der Waals surface area contributed by atoms with Gasteiger partial charge in [0.1, 0.15) is 0 Å². The summed E-state index contributed by atoms with van der Waals surface area (Å²) in [6.07, 6.45) is 1.77. The number of hydrogen-bond donors (Lipinski definition) is 4. The van der Waals surface area contributed by atoms with Gasteiger partial charge in [-0.3, -0.25) is 0 Å². The fourth-order valence-electron chi connectivity index (χ4n) is 1.95. The Balaban J connectivity index is 2.79. The van der Waals surface area contributed by atoms with Gasteiger partial charge in [-0.25, -0.2) is 13.6 Å². The van der Waals surface area contributed by atoms with Gasteiger partial charge in [-0.2, -0.15) is 0 Å². The summed E-state index contributed by atoms with van der Waals surface area (Å²) in [5.74, 6) is 0.263. The summed E-state index contributed by atoms with van der Waals surface area (Å²) < 4.78 is 23.0. The summed E-state index contributed by atoms with van der Waals surface area (Å²) in [6, 6.07) is 3.06. The lowest BCUT2D eigenvalue weighted by Crippen LogP contribution is -2.16. The number of rotatable bonds is 7. The van der Waals surface area contributed by atoms with E-state index < -0.39 is 10.0 Å². The first kappa shape index (κ1) is 16.7. The maximum Gasteiger partial charge on any atom is 0.238 e. The Kier molecular flexibility index (Phi) is 5.79. The van der Waals surface area contributed by atoms with E-state index in [2.05, 4.69) is 5.32 Å². The molecule has 0 saturated carbocycles. The zero-order valence-corrected chi connectivity index (χ0v) is 12.7. The zero-order valence-electron chi connectivity index (χ0n) is 11.9. The molecule has 0 spiro atoms. The van der Waals surface area contributed by atoms with Gasteiger partial charge in [-0.15, -0.1) is 0 Å². The highest BCUT2D eigenvalue weighted by Crippen LogP contribution is 2.26. The van der Waals surface area contributed by atoms with Crippen LogP contribution in [-0.4, -0.2) is 26.7 Å². The van der Waals surface area contributed by atoms with E-state index in [1.807, 2.05) is 6.92 Å². The average Bonchev–Trinajstić information content (AvgIpc) is 2.36. The van der Waals surface area contributed by atoms with Crippen molar-refractivity contribution in [2.24, 2.45) is 11.1 Å². The van der Waals surface area contributed by atoms with Gasteiger partial charge >= 0.3 is 0 Å². The van der Waals surface area contributed by atoms with E-state index in [1.54, 1.807) is 13.0 Å². The van der Waals surface area contributed by atoms with Crippen molar-refractivity contribution in [2.75, 3.05) is 24.2 Å². The van der Waals surface area contributed by atoms with Crippen LogP contribution in [-0.2, 0) is 10.0 Å². The maximum atomic E-state index is 11.5. The number of benzene rings is 1. The van der Waals surface area contributed by atoms with Crippen LogP contribution in [0.4, 0.5) is 11.4 Å². The maximum absolute atomic E-state index is 11.5. The fourth-order valence-corrected chi connectivity index (χ4v) is 2.79. The van der Waals surface area contributed by atoms with Gasteiger partial charge in [-0.05, 0) is 43.4 Å². The monoisotopic (exact) mass is 301 g/mol. The SMILES string of the molecule is Cc1c(NCCCC(C)CO)cc(N)cc1S(N)(=O)=O. The van der Waals surface area contributed by atoms with E-state index in [4.69, 9.17) is 16.0 Å².